The van der Waals surface area contributed by atoms with E-state index < -0.39 is 17.3 Å². The number of ether oxygens (including phenoxy) is 1. The third-order valence-corrected chi connectivity index (χ3v) is 5.28. The van der Waals surface area contributed by atoms with E-state index in [2.05, 4.69) is 16.5 Å². The van der Waals surface area contributed by atoms with E-state index in [1.54, 1.807) is 30.3 Å². The van der Waals surface area contributed by atoms with E-state index in [0.717, 1.165) is 17.6 Å². The van der Waals surface area contributed by atoms with E-state index in [1.807, 2.05) is 32.2 Å². The summed E-state index contributed by atoms with van der Waals surface area (Å²) in [6, 6.07) is 14.3. The second-order valence-electron chi connectivity index (χ2n) is 5.93. The van der Waals surface area contributed by atoms with Gasteiger partial charge in [0, 0.05) is 30.7 Å². The van der Waals surface area contributed by atoms with Gasteiger partial charge < -0.3 is 18.6 Å². The fourth-order valence-corrected chi connectivity index (χ4v) is 3.51. The molecule has 1 unspecified atom stereocenters. The highest BCUT2D eigenvalue weighted by atomic mass is 32.2. The largest absolute Gasteiger partial charge is 0.588 e. The van der Waals surface area contributed by atoms with Crippen molar-refractivity contribution in [1.29, 1.82) is 0 Å². The molecular formula is C20H22N2O4S. The summed E-state index contributed by atoms with van der Waals surface area (Å²) in [4.78, 5) is 15.0. The highest BCUT2D eigenvalue weighted by Crippen LogP contribution is 2.26. The Hall–Kier alpha value is -2.64. The van der Waals surface area contributed by atoms with Gasteiger partial charge in [-0.15, -0.1) is 0 Å². The molecule has 0 bridgehead atoms. The first-order chi connectivity index (χ1) is 13.0. The molecule has 2 aromatic carbocycles. The minimum absolute atomic E-state index is 0.114. The van der Waals surface area contributed by atoms with E-state index in [9.17, 15) is 9.35 Å². The van der Waals surface area contributed by atoms with Crippen molar-refractivity contribution in [3.8, 4) is 5.75 Å². The van der Waals surface area contributed by atoms with E-state index in [0.29, 0.717) is 22.8 Å². The summed E-state index contributed by atoms with van der Waals surface area (Å²) < 4.78 is 26.2. The highest BCUT2D eigenvalue weighted by Gasteiger charge is 2.23. The van der Waals surface area contributed by atoms with Crippen molar-refractivity contribution in [2.24, 2.45) is 0 Å². The predicted molar refractivity (Wildman–Crippen MR) is 107 cm³/mol. The number of hydrogen-bond acceptors (Lipinski definition) is 5. The lowest BCUT2D eigenvalue weighted by Crippen LogP contribution is -2.30. The molecule has 0 aliphatic heterocycles. The number of amides is 1. The normalized spacial score (nSPS) is 12.0. The Labute approximate surface area is 161 Å². The Bertz CT molecular complexity index is 941. The topological polar surface area (TPSA) is 77.8 Å². The lowest BCUT2D eigenvalue weighted by molar-refractivity contribution is 0.0956. The second kappa shape index (κ2) is 8.37. The zero-order chi connectivity index (χ0) is 19.4. The molecule has 27 heavy (non-hydrogen) atoms. The Morgan fingerprint density at radius 1 is 1.22 bits per heavy atom. The van der Waals surface area contributed by atoms with Crippen molar-refractivity contribution >= 4 is 33.9 Å². The van der Waals surface area contributed by atoms with Gasteiger partial charge in [0.1, 0.15) is 16.9 Å². The number of carbonyl (C=O) groups is 1. The maximum Gasteiger partial charge on any atom is 0.328 e. The molecule has 1 N–H and O–H groups in total. The van der Waals surface area contributed by atoms with Crippen LogP contribution >= 0.6 is 0 Å². The van der Waals surface area contributed by atoms with Gasteiger partial charge in [0.15, 0.2) is 11.5 Å². The third kappa shape index (κ3) is 4.20. The van der Waals surface area contributed by atoms with Gasteiger partial charge >= 0.3 is 5.91 Å². The molecule has 1 aromatic heterocycles. The molecule has 0 radical (unpaired) electrons. The number of anilines is 1. The number of hydrogen-bond donors (Lipinski definition) is 1. The number of rotatable bonds is 7. The minimum atomic E-state index is -1.75. The average molecular weight is 386 g/mol. The molecular weight excluding hydrogens is 364 g/mol. The molecule has 0 saturated heterocycles. The minimum Gasteiger partial charge on any atom is -0.588 e. The van der Waals surface area contributed by atoms with Crippen molar-refractivity contribution in [1.82, 2.24) is 4.72 Å². The number of fused-ring (bicyclic) bond motifs is 1. The maximum atomic E-state index is 12.6. The van der Waals surface area contributed by atoms with E-state index in [4.69, 9.17) is 9.15 Å². The Balaban J connectivity index is 1.80. The summed E-state index contributed by atoms with van der Waals surface area (Å²) in [6.45, 7) is 5.20. The molecule has 0 aliphatic rings. The van der Waals surface area contributed by atoms with Crippen LogP contribution in [0.15, 0.2) is 57.8 Å². The molecule has 6 nitrogen and oxygen atoms in total. The molecule has 1 heterocycles. The Morgan fingerprint density at radius 2 is 2.00 bits per heavy atom. The third-order valence-electron chi connectivity index (χ3n) is 4.18. The van der Waals surface area contributed by atoms with Gasteiger partial charge in [-0.1, -0.05) is 12.1 Å². The molecule has 7 heteroatoms. The molecule has 1 amide bonds. The Kier molecular flexibility index (Phi) is 5.93. The number of nitrogens with one attached hydrogen (secondary N) is 1. The van der Waals surface area contributed by atoms with Crippen molar-refractivity contribution in [3.63, 3.8) is 0 Å². The van der Waals surface area contributed by atoms with E-state index >= 15 is 0 Å². The summed E-state index contributed by atoms with van der Waals surface area (Å²) in [5, 5.41) is 0.814. The van der Waals surface area contributed by atoms with Gasteiger partial charge in [-0.3, -0.25) is 4.79 Å². The van der Waals surface area contributed by atoms with Crippen LogP contribution in [0, 0.1) is 0 Å². The van der Waals surface area contributed by atoms with Crippen LogP contribution in [0.3, 0.4) is 0 Å². The fourth-order valence-electron chi connectivity index (χ4n) is 2.62. The van der Waals surface area contributed by atoms with Crippen molar-refractivity contribution in [2.75, 3.05) is 25.1 Å². The van der Waals surface area contributed by atoms with Crippen LogP contribution in [0.5, 0.6) is 5.75 Å². The number of carbonyl (C=O) groups excluding carboxylic acids is 1. The molecule has 0 spiro atoms. The van der Waals surface area contributed by atoms with Crippen molar-refractivity contribution < 1.29 is 18.5 Å². The van der Waals surface area contributed by atoms with Crippen LogP contribution in [-0.4, -0.2) is 30.7 Å². The lowest BCUT2D eigenvalue weighted by atomic mass is 10.2. The summed E-state index contributed by atoms with van der Waals surface area (Å²) in [5.74, 6) is 0.0558. The number of furan rings is 1. The quantitative estimate of drug-likeness (QED) is 0.626. The molecule has 3 rings (SSSR count). The van der Waals surface area contributed by atoms with Crippen LogP contribution in [-0.2, 0) is 11.4 Å². The first kappa shape index (κ1) is 19.1. The van der Waals surface area contributed by atoms with Crippen LogP contribution in [0.2, 0.25) is 0 Å². The average Bonchev–Trinajstić information content (AvgIpc) is 3.11. The van der Waals surface area contributed by atoms with Gasteiger partial charge in [0.25, 0.3) is 0 Å². The zero-order valence-electron chi connectivity index (χ0n) is 15.5. The molecule has 3 aromatic rings. The van der Waals surface area contributed by atoms with Crippen LogP contribution in [0.25, 0.3) is 11.0 Å². The molecule has 142 valence electrons. The van der Waals surface area contributed by atoms with Crippen LogP contribution in [0.1, 0.15) is 24.4 Å². The van der Waals surface area contributed by atoms with Gasteiger partial charge in [0.2, 0.25) is 4.90 Å². The Morgan fingerprint density at radius 3 is 2.74 bits per heavy atom. The van der Waals surface area contributed by atoms with Gasteiger partial charge in [-0.05, 0) is 44.2 Å². The van der Waals surface area contributed by atoms with Crippen LogP contribution in [0.4, 0.5) is 5.69 Å². The maximum absolute atomic E-state index is 12.6. The molecule has 1 atom stereocenters. The number of nitrogens with zero attached hydrogens (tertiary/aromatic N) is 1. The lowest BCUT2D eigenvalue weighted by Gasteiger charge is -2.16. The van der Waals surface area contributed by atoms with Crippen LogP contribution < -0.4 is 14.4 Å². The second-order valence-corrected chi connectivity index (χ2v) is 7.11. The van der Waals surface area contributed by atoms with Crippen molar-refractivity contribution in [3.05, 3.63) is 54.3 Å². The standard InChI is InChI=1S/C20H22N2O4S/c1-4-22(3)15-11-10-14-12-18(26-17(14)13-15)20(23)21-27(24)19-9-7-6-8-16(19)25-5-2/h6-13H,4-5H2,1-3H3,(H,21,23). The fraction of sp³-hybridized carbons (Fsp3) is 0.250. The predicted octanol–water partition coefficient (Wildman–Crippen LogP) is 3.74. The molecule has 0 fully saturated rings. The van der Waals surface area contributed by atoms with Gasteiger partial charge in [-0.25, -0.2) is 0 Å². The highest BCUT2D eigenvalue weighted by molar-refractivity contribution is 7.90. The first-order valence-corrected chi connectivity index (χ1v) is 9.87. The van der Waals surface area contributed by atoms with Gasteiger partial charge in [0.05, 0.1) is 6.61 Å². The van der Waals surface area contributed by atoms with E-state index in [1.165, 1.54) is 0 Å². The molecule has 0 saturated carbocycles. The summed E-state index contributed by atoms with van der Waals surface area (Å²) >= 11 is -1.75. The van der Waals surface area contributed by atoms with Crippen molar-refractivity contribution in [2.45, 2.75) is 18.7 Å². The summed E-state index contributed by atoms with van der Waals surface area (Å²) in [5.41, 5.74) is 1.61. The van der Waals surface area contributed by atoms with Gasteiger partial charge in [-0.2, -0.15) is 4.72 Å². The summed E-state index contributed by atoms with van der Waals surface area (Å²) in [7, 11) is 1.98. The molecule has 0 aliphatic carbocycles. The smallest absolute Gasteiger partial charge is 0.328 e. The number of para-hydroxylation sites is 1. The SMILES string of the molecule is CCOc1ccccc1[S+]([O-])NC(=O)c1cc2ccc(N(C)CC)cc2o1. The zero-order valence-corrected chi connectivity index (χ0v) is 16.3. The monoisotopic (exact) mass is 386 g/mol. The summed E-state index contributed by atoms with van der Waals surface area (Å²) in [6.07, 6.45) is 0. The van der Waals surface area contributed by atoms with E-state index in [-0.39, 0.29) is 5.76 Å². The number of benzene rings is 2. The first-order valence-electron chi connectivity index (χ1n) is 8.72.